The molecule has 0 unspecified atom stereocenters. The highest BCUT2D eigenvalue weighted by molar-refractivity contribution is 6.31. The summed E-state index contributed by atoms with van der Waals surface area (Å²) in [7, 11) is 0. The van der Waals surface area contributed by atoms with Crippen LogP contribution in [0, 0.1) is 18.7 Å². The second kappa shape index (κ2) is 8.44. The van der Waals surface area contributed by atoms with Crippen LogP contribution in [-0.4, -0.2) is 49.4 Å². The molecule has 2 aliphatic heterocycles. The van der Waals surface area contributed by atoms with Crippen LogP contribution in [0.5, 0.6) is 0 Å². The Morgan fingerprint density at radius 1 is 1.07 bits per heavy atom. The molecule has 0 radical (unpaired) electrons. The van der Waals surface area contributed by atoms with Gasteiger partial charge in [0.15, 0.2) is 0 Å². The number of aryl methyl sites for hydroxylation is 1. The number of benzene rings is 2. The van der Waals surface area contributed by atoms with E-state index in [0.717, 1.165) is 11.3 Å². The van der Waals surface area contributed by atoms with E-state index in [1.54, 1.807) is 0 Å². The molecule has 5 nitrogen and oxygen atoms in total. The Bertz CT molecular complexity index is 992. The zero-order valence-electron chi connectivity index (χ0n) is 16.6. The van der Waals surface area contributed by atoms with Gasteiger partial charge in [0.1, 0.15) is 5.82 Å². The fraction of sp³-hybridized carbons (Fsp3) is 0.364. The molecule has 2 aromatic carbocycles. The quantitative estimate of drug-likeness (QED) is 0.706. The number of hydrogen-bond acceptors (Lipinski definition) is 3. The standard InChI is InChI=1S/C22H22Cl2FN3O2/c1-14-2-3-16(23)11-20(14)26-6-8-27(9-7-26)22(30)15-10-21(29)28(13-15)17-4-5-19(25)18(24)12-17/h2-5,11-12,15H,6-10,13H2,1H3/t15-/m0/s1. The van der Waals surface area contributed by atoms with E-state index in [1.807, 2.05) is 30.0 Å². The van der Waals surface area contributed by atoms with Gasteiger partial charge in [-0.1, -0.05) is 29.3 Å². The highest BCUT2D eigenvalue weighted by atomic mass is 35.5. The molecule has 0 aliphatic carbocycles. The molecule has 1 atom stereocenters. The maximum atomic E-state index is 13.4. The molecule has 0 saturated carbocycles. The summed E-state index contributed by atoms with van der Waals surface area (Å²) in [5.74, 6) is -1.10. The summed E-state index contributed by atoms with van der Waals surface area (Å²) < 4.78 is 13.4. The predicted octanol–water partition coefficient (Wildman–Crippen LogP) is 4.14. The number of halogens is 3. The molecular weight excluding hydrogens is 428 g/mol. The minimum Gasteiger partial charge on any atom is -0.368 e. The monoisotopic (exact) mass is 449 g/mol. The van der Waals surface area contributed by atoms with Crippen LogP contribution in [0.15, 0.2) is 36.4 Å². The molecule has 0 spiro atoms. The first kappa shape index (κ1) is 20.9. The van der Waals surface area contributed by atoms with Gasteiger partial charge in [0.25, 0.3) is 0 Å². The Balaban J connectivity index is 1.39. The molecule has 0 aromatic heterocycles. The molecule has 0 N–H and O–H groups in total. The normalized spacial score (nSPS) is 19.5. The van der Waals surface area contributed by atoms with Crippen LogP contribution in [0.4, 0.5) is 15.8 Å². The van der Waals surface area contributed by atoms with Crippen molar-refractivity contribution in [3.8, 4) is 0 Å². The van der Waals surface area contributed by atoms with Crippen molar-refractivity contribution in [2.24, 2.45) is 5.92 Å². The van der Waals surface area contributed by atoms with E-state index in [2.05, 4.69) is 4.90 Å². The first-order valence-electron chi connectivity index (χ1n) is 9.89. The molecule has 30 heavy (non-hydrogen) atoms. The summed E-state index contributed by atoms with van der Waals surface area (Å²) in [6.07, 6.45) is 0.154. The van der Waals surface area contributed by atoms with Gasteiger partial charge < -0.3 is 14.7 Å². The Kier molecular flexibility index (Phi) is 5.89. The van der Waals surface area contributed by atoms with E-state index in [-0.39, 0.29) is 29.8 Å². The lowest BCUT2D eigenvalue weighted by Crippen LogP contribution is -2.50. The van der Waals surface area contributed by atoms with Crippen LogP contribution >= 0.6 is 23.2 Å². The van der Waals surface area contributed by atoms with Gasteiger partial charge in [-0.2, -0.15) is 0 Å². The lowest BCUT2D eigenvalue weighted by atomic mass is 10.1. The van der Waals surface area contributed by atoms with Gasteiger partial charge >= 0.3 is 0 Å². The van der Waals surface area contributed by atoms with Crippen molar-refractivity contribution >= 4 is 46.4 Å². The summed E-state index contributed by atoms with van der Waals surface area (Å²) in [6.45, 7) is 4.95. The Hall–Kier alpha value is -2.31. The smallest absolute Gasteiger partial charge is 0.228 e. The third-order valence-corrected chi connectivity index (χ3v) is 6.32. The summed E-state index contributed by atoms with van der Waals surface area (Å²) in [4.78, 5) is 31.1. The van der Waals surface area contributed by atoms with Crippen LogP contribution in [-0.2, 0) is 9.59 Å². The van der Waals surface area contributed by atoms with E-state index in [0.29, 0.717) is 36.9 Å². The van der Waals surface area contributed by atoms with Gasteiger partial charge in [-0.25, -0.2) is 4.39 Å². The highest BCUT2D eigenvalue weighted by Crippen LogP contribution is 2.30. The molecule has 2 heterocycles. The van der Waals surface area contributed by atoms with E-state index in [1.165, 1.54) is 23.1 Å². The minimum atomic E-state index is -0.535. The van der Waals surface area contributed by atoms with Crippen LogP contribution in [0.2, 0.25) is 10.0 Å². The maximum absolute atomic E-state index is 13.4. The van der Waals surface area contributed by atoms with Crippen molar-refractivity contribution in [3.05, 3.63) is 57.8 Å². The van der Waals surface area contributed by atoms with Crippen LogP contribution < -0.4 is 9.80 Å². The average Bonchev–Trinajstić information content (AvgIpc) is 3.13. The Morgan fingerprint density at radius 2 is 1.80 bits per heavy atom. The van der Waals surface area contributed by atoms with Gasteiger partial charge in [-0.3, -0.25) is 9.59 Å². The molecule has 2 saturated heterocycles. The fourth-order valence-corrected chi connectivity index (χ4v) is 4.47. The van der Waals surface area contributed by atoms with E-state index < -0.39 is 11.7 Å². The lowest BCUT2D eigenvalue weighted by Gasteiger charge is -2.37. The fourth-order valence-electron chi connectivity index (χ4n) is 4.12. The summed E-state index contributed by atoms with van der Waals surface area (Å²) in [6, 6.07) is 9.99. The van der Waals surface area contributed by atoms with Crippen molar-refractivity contribution in [2.45, 2.75) is 13.3 Å². The second-order valence-corrected chi connectivity index (χ2v) is 8.59. The zero-order chi connectivity index (χ0) is 21.4. The maximum Gasteiger partial charge on any atom is 0.228 e. The lowest BCUT2D eigenvalue weighted by molar-refractivity contribution is -0.136. The van der Waals surface area contributed by atoms with E-state index in [9.17, 15) is 14.0 Å². The van der Waals surface area contributed by atoms with Gasteiger partial charge in [-0.15, -0.1) is 0 Å². The number of rotatable bonds is 3. The SMILES string of the molecule is Cc1ccc(Cl)cc1N1CCN(C(=O)[C@H]2CC(=O)N(c3ccc(F)c(Cl)c3)C2)CC1. The average molecular weight is 450 g/mol. The molecule has 2 fully saturated rings. The molecule has 2 amide bonds. The predicted molar refractivity (Wildman–Crippen MR) is 117 cm³/mol. The van der Waals surface area contributed by atoms with Gasteiger partial charge in [0.2, 0.25) is 11.8 Å². The summed E-state index contributed by atoms with van der Waals surface area (Å²) in [5, 5.41) is 0.655. The zero-order valence-corrected chi connectivity index (χ0v) is 18.1. The van der Waals surface area contributed by atoms with Crippen LogP contribution in [0.25, 0.3) is 0 Å². The molecular formula is C22H22Cl2FN3O2. The molecule has 2 aromatic rings. The van der Waals surface area contributed by atoms with Crippen molar-refractivity contribution in [1.82, 2.24) is 4.90 Å². The minimum absolute atomic E-state index is 0.0125. The number of carbonyl (C=O) groups is 2. The molecule has 2 aliphatic rings. The van der Waals surface area contributed by atoms with Crippen LogP contribution in [0.3, 0.4) is 0 Å². The third-order valence-electron chi connectivity index (χ3n) is 5.79. The number of nitrogens with zero attached hydrogens (tertiary/aromatic N) is 3. The number of piperazine rings is 1. The summed E-state index contributed by atoms with van der Waals surface area (Å²) in [5.41, 5.74) is 2.75. The first-order valence-corrected chi connectivity index (χ1v) is 10.6. The number of carbonyl (C=O) groups excluding carboxylic acids is 2. The van der Waals surface area contributed by atoms with E-state index >= 15 is 0 Å². The molecule has 4 rings (SSSR count). The second-order valence-electron chi connectivity index (χ2n) is 7.75. The molecule has 158 valence electrons. The first-order chi connectivity index (χ1) is 14.3. The topological polar surface area (TPSA) is 43.9 Å². The largest absolute Gasteiger partial charge is 0.368 e. The highest BCUT2D eigenvalue weighted by Gasteiger charge is 2.38. The Labute approximate surface area is 185 Å². The van der Waals surface area contributed by atoms with Crippen molar-refractivity contribution < 1.29 is 14.0 Å². The van der Waals surface area contributed by atoms with Gasteiger partial charge in [-0.05, 0) is 42.8 Å². The Morgan fingerprint density at radius 3 is 2.50 bits per heavy atom. The molecule has 8 heteroatoms. The number of hydrogen-bond donors (Lipinski definition) is 0. The van der Waals surface area contributed by atoms with Gasteiger partial charge in [0, 0.05) is 55.5 Å². The van der Waals surface area contributed by atoms with Crippen molar-refractivity contribution in [1.29, 1.82) is 0 Å². The van der Waals surface area contributed by atoms with Crippen molar-refractivity contribution in [2.75, 3.05) is 42.5 Å². The van der Waals surface area contributed by atoms with Crippen molar-refractivity contribution in [3.63, 3.8) is 0 Å². The van der Waals surface area contributed by atoms with E-state index in [4.69, 9.17) is 23.2 Å². The number of anilines is 2. The van der Waals surface area contributed by atoms with Crippen LogP contribution in [0.1, 0.15) is 12.0 Å². The van der Waals surface area contributed by atoms with Gasteiger partial charge in [0.05, 0.1) is 10.9 Å². The summed E-state index contributed by atoms with van der Waals surface area (Å²) >= 11 is 12.0. The number of amides is 2. The molecule has 0 bridgehead atoms. The third kappa shape index (κ3) is 4.12.